The van der Waals surface area contributed by atoms with Gasteiger partial charge >= 0.3 is 0 Å². The summed E-state index contributed by atoms with van der Waals surface area (Å²) in [5.41, 5.74) is 3.07. The molecule has 0 bridgehead atoms. The third-order valence-electron chi connectivity index (χ3n) is 2.97. The zero-order valence-electron chi connectivity index (χ0n) is 12.2. The summed E-state index contributed by atoms with van der Waals surface area (Å²) in [7, 11) is 1.57. The van der Waals surface area contributed by atoms with Crippen LogP contribution < -0.4 is 15.7 Å². The Labute approximate surface area is 130 Å². The zero-order chi connectivity index (χ0) is 16.1. The third kappa shape index (κ3) is 3.43. The van der Waals surface area contributed by atoms with E-state index in [1.54, 1.807) is 43.5 Å². The van der Waals surface area contributed by atoms with Gasteiger partial charge in [-0.25, -0.2) is 5.43 Å². The van der Waals surface area contributed by atoms with Crippen molar-refractivity contribution in [2.24, 2.45) is 5.10 Å². The minimum atomic E-state index is -0.374. The maximum atomic E-state index is 12.1. The van der Waals surface area contributed by atoms with Gasteiger partial charge in [0.1, 0.15) is 11.5 Å². The lowest BCUT2D eigenvalue weighted by atomic mass is 10.1. The number of benzene rings is 1. The molecule has 1 aromatic carbocycles. The van der Waals surface area contributed by atoms with Gasteiger partial charge in [-0.2, -0.15) is 5.10 Å². The lowest BCUT2D eigenvalue weighted by molar-refractivity contribution is 0.415. The van der Waals surface area contributed by atoms with Gasteiger partial charge in [0.15, 0.2) is 5.69 Å². The molecule has 0 amide bonds. The normalized spacial score (nSPS) is 10.8. The van der Waals surface area contributed by atoms with Crippen molar-refractivity contribution >= 4 is 12.2 Å². The maximum absolute atomic E-state index is 12.1. The summed E-state index contributed by atoms with van der Waals surface area (Å²) in [6, 6.07) is 10.5. The molecular weight excluding hydrogens is 298 g/mol. The summed E-state index contributed by atoms with van der Waals surface area (Å²) in [5.74, 6) is 1.40. The Bertz CT molecular complexity index is 854. The first-order valence-corrected chi connectivity index (χ1v) is 6.70. The number of H-pyrrole nitrogens is 1. The van der Waals surface area contributed by atoms with Crippen molar-refractivity contribution < 1.29 is 9.15 Å². The van der Waals surface area contributed by atoms with Crippen LogP contribution in [0.25, 0.3) is 11.3 Å². The van der Waals surface area contributed by atoms with Crippen LogP contribution in [0, 0.1) is 0 Å². The fraction of sp³-hybridized carbons (Fsp3) is 0.0667. The van der Waals surface area contributed by atoms with E-state index >= 15 is 0 Å². The molecule has 0 atom stereocenters. The van der Waals surface area contributed by atoms with Gasteiger partial charge < -0.3 is 9.15 Å². The summed E-state index contributed by atoms with van der Waals surface area (Å²) in [5, 5.41) is 11.7. The quantitative estimate of drug-likeness (QED) is 0.550. The minimum Gasteiger partial charge on any atom is -0.497 e. The third-order valence-corrected chi connectivity index (χ3v) is 2.97. The lowest BCUT2D eigenvalue weighted by Gasteiger charge is -2.03. The number of methoxy groups -OCH3 is 1. The minimum absolute atomic E-state index is 0.134. The molecule has 0 aliphatic rings. The number of hydrogen-bond donors (Lipinski definition) is 2. The zero-order valence-corrected chi connectivity index (χ0v) is 12.2. The van der Waals surface area contributed by atoms with Crippen molar-refractivity contribution in [1.29, 1.82) is 0 Å². The predicted octanol–water partition coefficient (Wildman–Crippen LogP) is 1.88. The number of hydrazone groups is 1. The van der Waals surface area contributed by atoms with Crippen LogP contribution in [0.15, 0.2) is 57.0 Å². The van der Waals surface area contributed by atoms with Crippen LogP contribution in [0.1, 0.15) is 5.76 Å². The van der Waals surface area contributed by atoms with E-state index in [-0.39, 0.29) is 17.2 Å². The summed E-state index contributed by atoms with van der Waals surface area (Å²) in [4.78, 5) is 14.7. The summed E-state index contributed by atoms with van der Waals surface area (Å²) < 4.78 is 10.2. The predicted molar refractivity (Wildman–Crippen MR) is 84.6 cm³/mol. The molecule has 8 nitrogen and oxygen atoms in total. The second kappa shape index (κ2) is 6.56. The largest absolute Gasteiger partial charge is 0.497 e. The molecule has 116 valence electrons. The first kappa shape index (κ1) is 14.5. The van der Waals surface area contributed by atoms with Gasteiger partial charge in [-0.05, 0) is 36.4 Å². The fourth-order valence-corrected chi connectivity index (χ4v) is 1.85. The highest BCUT2D eigenvalue weighted by Crippen LogP contribution is 2.17. The Morgan fingerprint density at radius 1 is 1.26 bits per heavy atom. The van der Waals surface area contributed by atoms with E-state index in [9.17, 15) is 4.79 Å². The molecule has 0 fully saturated rings. The van der Waals surface area contributed by atoms with Crippen LogP contribution in [-0.2, 0) is 0 Å². The Hall–Kier alpha value is -3.42. The van der Waals surface area contributed by atoms with Crippen LogP contribution in [0.2, 0.25) is 0 Å². The van der Waals surface area contributed by atoms with E-state index in [2.05, 4.69) is 25.7 Å². The smallest absolute Gasteiger partial charge is 0.279 e. The average Bonchev–Trinajstić information content (AvgIpc) is 3.09. The number of hydrogen-bond acceptors (Lipinski definition) is 7. The Morgan fingerprint density at radius 2 is 2.09 bits per heavy atom. The highest BCUT2D eigenvalue weighted by molar-refractivity contribution is 5.76. The van der Waals surface area contributed by atoms with E-state index < -0.39 is 0 Å². The molecule has 0 aliphatic carbocycles. The van der Waals surface area contributed by atoms with Crippen molar-refractivity contribution in [3.05, 3.63) is 58.8 Å². The van der Waals surface area contributed by atoms with Gasteiger partial charge in [0.05, 0.1) is 19.6 Å². The van der Waals surface area contributed by atoms with E-state index in [4.69, 9.17) is 9.15 Å². The molecule has 8 heteroatoms. The molecular formula is C15H13N5O3. The van der Waals surface area contributed by atoms with Gasteiger partial charge in [-0.3, -0.25) is 9.78 Å². The molecule has 0 radical (unpaired) electrons. The molecule has 0 spiro atoms. The number of aromatic amines is 1. The molecule has 0 aliphatic heterocycles. The SMILES string of the molecule is COc1ccc(-c2nnc(N/N=C/c3ccco3)[nH]c2=O)cc1. The molecule has 0 saturated heterocycles. The Balaban J connectivity index is 1.76. The molecule has 2 heterocycles. The molecule has 2 N–H and O–H groups in total. The molecule has 0 unspecified atom stereocenters. The number of nitrogens with zero attached hydrogens (tertiary/aromatic N) is 3. The highest BCUT2D eigenvalue weighted by atomic mass is 16.5. The highest BCUT2D eigenvalue weighted by Gasteiger charge is 2.07. The van der Waals surface area contributed by atoms with Gasteiger partial charge in [0, 0.05) is 5.56 Å². The van der Waals surface area contributed by atoms with E-state index in [1.807, 2.05) is 0 Å². The van der Waals surface area contributed by atoms with E-state index in [0.717, 1.165) is 0 Å². The fourth-order valence-electron chi connectivity index (χ4n) is 1.85. The standard InChI is InChI=1S/C15H13N5O3/c1-22-11-6-4-10(5-7-11)13-14(21)17-15(20-18-13)19-16-9-12-3-2-8-23-12/h2-9H,1H3,(H2,17,19,20,21)/b16-9+. The summed E-state index contributed by atoms with van der Waals surface area (Å²) >= 11 is 0. The van der Waals surface area contributed by atoms with Crippen molar-refractivity contribution in [1.82, 2.24) is 15.2 Å². The van der Waals surface area contributed by atoms with E-state index in [0.29, 0.717) is 17.1 Å². The van der Waals surface area contributed by atoms with Gasteiger partial charge in [-0.15, -0.1) is 10.2 Å². The molecule has 2 aromatic heterocycles. The van der Waals surface area contributed by atoms with Gasteiger partial charge in [-0.1, -0.05) is 0 Å². The maximum Gasteiger partial charge on any atom is 0.279 e. The summed E-state index contributed by atoms with van der Waals surface area (Å²) in [6.07, 6.45) is 2.99. The van der Waals surface area contributed by atoms with Crippen LogP contribution in [0.5, 0.6) is 5.75 Å². The average molecular weight is 311 g/mol. The van der Waals surface area contributed by atoms with Crippen LogP contribution in [0.4, 0.5) is 5.95 Å². The molecule has 23 heavy (non-hydrogen) atoms. The van der Waals surface area contributed by atoms with Crippen LogP contribution >= 0.6 is 0 Å². The Kier molecular flexibility index (Phi) is 4.14. The van der Waals surface area contributed by atoms with Crippen LogP contribution in [0.3, 0.4) is 0 Å². The lowest BCUT2D eigenvalue weighted by Crippen LogP contribution is -2.15. The second-order valence-electron chi connectivity index (χ2n) is 4.47. The van der Waals surface area contributed by atoms with Crippen molar-refractivity contribution in [2.75, 3.05) is 12.5 Å². The first-order chi connectivity index (χ1) is 11.3. The monoisotopic (exact) mass is 311 g/mol. The topological polar surface area (TPSA) is 105 Å². The van der Waals surface area contributed by atoms with Crippen molar-refractivity contribution in [3.63, 3.8) is 0 Å². The number of ether oxygens (including phenoxy) is 1. The van der Waals surface area contributed by atoms with Crippen molar-refractivity contribution in [3.8, 4) is 17.0 Å². The molecule has 3 aromatic rings. The molecule has 3 rings (SSSR count). The Morgan fingerprint density at radius 3 is 2.74 bits per heavy atom. The number of rotatable bonds is 5. The van der Waals surface area contributed by atoms with Gasteiger partial charge in [0.2, 0.25) is 5.95 Å². The number of nitrogens with one attached hydrogen (secondary N) is 2. The number of aromatic nitrogens is 3. The molecule has 0 saturated carbocycles. The number of anilines is 1. The van der Waals surface area contributed by atoms with E-state index in [1.165, 1.54) is 12.5 Å². The first-order valence-electron chi connectivity index (χ1n) is 6.70. The van der Waals surface area contributed by atoms with Crippen molar-refractivity contribution in [2.45, 2.75) is 0 Å². The van der Waals surface area contributed by atoms with Gasteiger partial charge in [0.25, 0.3) is 5.56 Å². The second-order valence-corrected chi connectivity index (χ2v) is 4.47. The summed E-state index contributed by atoms with van der Waals surface area (Å²) in [6.45, 7) is 0. The van der Waals surface area contributed by atoms with Crippen LogP contribution in [-0.4, -0.2) is 28.5 Å². The number of furan rings is 1.